The SMILES string of the molecule is CCOC(=O)C1CCCN(c2nc3c(c(=O)[nH]2)C(C(=O)Nc2ccccc2C)CC(=O)N3)C1. The maximum absolute atomic E-state index is 13.0. The van der Waals surface area contributed by atoms with E-state index < -0.39 is 17.4 Å². The number of aromatic nitrogens is 2. The number of aryl methyl sites for hydroxylation is 1. The van der Waals surface area contributed by atoms with Crippen LogP contribution < -0.4 is 21.1 Å². The Balaban J connectivity index is 1.60. The van der Waals surface area contributed by atoms with E-state index in [2.05, 4.69) is 20.6 Å². The lowest BCUT2D eigenvalue weighted by atomic mass is 9.92. The largest absolute Gasteiger partial charge is 0.466 e. The fourth-order valence-electron chi connectivity index (χ4n) is 4.29. The number of hydrogen-bond donors (Lipinski definition) is 3. The van der Waals surface area contributed by atoms with E-state index in [1.807, 2.05) is 19.1 Å². The summed E-state index contributed by atoms with van der Waals surface area (Å²) in [5, 5.41) is 5.44. The van der Waals surface area contributed by atoms with Gasteiger partial charge in [-0.3, -0.25) is 24.2 Å². The number of rotatable bonds is 5. The number of amides is 2. The van der Waals surface area contributed by atoms with Crippen LogP contribution in [0.4, 0.5) is 17.5 Å². The van der Waals surface area contributed by atoms with E-state index in [9.17, 15) is 19.2 Å². The molecule has 0 aliphatic carbocycles. The van der Waals surface area contributed by atoms with Gasteiger partial charge in [0.15, 0.2) is 0 Å². The standard InChI is InChI=1S/C23H27N5O5/c1-3-33-22(32)14-8-6-10-28(12-14)23-26-19-18(21(31)27-23)15(11-17(29)25-19)20(30)24-16-9-5-4-7-13(16)2/h4-5,7,9,14-15H,3,6,8,10-12H2,1-2H3,(H,24,30)(H2,25,26,27,29,31). The van der Waals surface area contributed by atoms with E-state index >= 15 is 0 Å². The minimum absolute atomic E-state index is 0.0770. The Kier molecular flexibility index (Phi) is 6.43. The number of carbonyl (C=O) groups excluding carboxylic acids is 3. The average Bonchev–Trinajstić information content (AvgIpc) is 2.80. The molecular formula is C23H27N5O5. The predicted octanol–water partition coefficient (Wildman–Crippen LogP) is 1.92. The van der Waals surface area contributed by atoms with Crippen molar-refractivity contribution in [3.63, 3.8) is 0 Å². The molecule has 2 atom stereocenters. The van der Waals surface area contributed by atoms with Crippen LogP contribution in [0.15, 0.2) is 29.1 Å². The summed E-state index contributed by atoms with van der Waals surface area (Å²) in [5.74, 6) is -2.06. The van der Waals surface area contributed by atoms with Gasteiger partial charge in [-0.1, -0.05) is 18.2 Å². The number of ether oxygens (including phenoxy) is 1. The summed E-state index contributed by atoms with van der Waals surface area (Å²) in [7, 11) is 0. The van der Waals surface area contributed by atoms with Crippen LogP contribution in [0.5, 0.6) is 0 Å². The average molecular weight is 453 g/mol. The highest BCUT2D eigenvalue weighted by Crippen LogP contribution is 2.31. The molecule has 0 radical (unpaired) electrons. The summed E-state index contributed by atoms with van der Waals surface area (Å²) in [6.45, 7) is 4.88. The molecule has 2 aliphatic rings. The third kappa shape index (κ3) is 4.74. The van der Waals surface area contributed by atoms with Crippen LogP contribution >= 0.6 is 0 Å². The van der Waals surface area contributed by atoms with E-state index in [1.165, 1.54) is 0 Å². The zero-order valence-corrected chi connectivity index (χ0v) is 18.6. The van der Waals surface area contributed by atoms with Gasteiger partial charge in [0.1, 0.15) is 5.82 Å². The highest BCUT2D eigenvalue weighted by molar-refractivity contribution is 6.04. The highest BCUT2D eigenvalue weighted by atomic mass is 16.5. The lowest BCUT2D eigenvalue weighted by Crippen LogP contribution is -2.42. The van der Waals surface area contributed by atoms with E-state index in [-0.39, 0.29) is 41.5 Å². The number of nitrogens with one attached hydrogen (secondary N) is 3. The van der Waals surface area contributed by atoms with Crippen LogP contribution in [0.25, 0.3) is 0 Å². The van der Waals surface area contributed by atoms with Gasteiger partial charge in [-0.25, -0.2) is 0 Å². The second kappa shape index (κ2) is 9.43. The summed E-state index contributed by atoms with van der Waals surface area (Å²) >= 11 is 0. The van der Waals surface area contributed by atoms with Crippen molar-refractivity contribution in [1.82, 2.24) is 9.97 Å². The molecule has 2 aliphatic heterocycles. The van der Waals surface area contributed by atoms with Crippen molar-refractivity contribution in [3.05, 3.63) is 45.7 Å². The number of anilines is 3. The summed E-state index contributed by atoms with van der Waals surface area (Å²) in [4.78, 5) is 59.6. The molecule has 4 rings (SSSR count). The minimum atomic E-state index is -0.965. The molecule has 10 heteroatoms. The van der Waals surface area contributed by atoms with Crippen molar-refractivity contribution in [3.8, 4) is 0 Å². The Bertz CT molecular complexity index is 1140. The van der Waals surface area contributed by atoms with E-state index in [0.29, 0.717) is 31.8 Å². The number of esters is 1. The zero-order valence-electron chi connectivity index (χ0n) is 18.6. The number of piperidine rings is 1. The number of aromatic amines is 1. The normalized spacial score (nSPS) is 19.9. The van der Waals surface area contributed by atoms with Gasteiger partial charge in [0.25, 0.3) is 5.56 Å². The number of para-hydroxylation sites is 1. The van der Waals surface area contributed by atoms with E-state index in [1.54, 1.807) is 24.0 Å². The summed E-state index contributed by atoms with van der Waals surface area (Å²) < 4.78 is 5.13. The Hall–Kier alpha value is -3.69. The number of fused-ring (bicyclic) bond motifs is 1. The van der Waals surface area contributed by atoms with Crippen LogP contribution in [0.1, 0.15) is 43.2 Å². The van der Waals surface area contributed by atoms with Crippen LogP contribution in [-0.4, -0.2) is 47.4 Å². The van der Waals surface area contributed by atoms with Crippen molar-refractivity contribution in [2.45, 2.75) is 39.0 Å². The van der Waals surface area contributed by atoms with Gasteiger partial charge in [0, 0.05) is 25.2 Å². The Morgan fingerprint density at radius 2 is 2.06 bits per heavy atom. The second-order valence-corrected chi connectivity index (χ2v) is 8.30. The Labute approximate surface area is 190 Å². The van der Waals surface area contributed by atoms with Crippen LogP contribution in [0.2, 0.25) is 0 Å². The van der Waals surface area contributed by atoms with Gasteiger partial charge in [-0.2, -0.15) is 4.98 Å². The molecule has 2 amide bonds. The topological polar surface area (TPSA) is 133 Å². The third-order valence-electron chi connectivity index (χ3n) is 6.00. The Morgan fingerprint density at radius 1 is 1.27 bits per heavy atom. The fraction of sp³-hybridized carbons (Fsp3) is 0.435. The van der Waals surface area contributed by atoms with Crippen molar-refractivity contribution in [1.29, 1.82) is 0 Å². The van der Waals surface area contributed by atoms with Crippen LogP contribution in [-0.2, 0) is 19.1 Å². The smallest absolute Gasteiger partial charge is 0.310 e. The summed E-state index contributed by atoms with van der Waals surface area (Å²) in [5.41, 5.74) is 1.13. The number of benzene rings is 1. The molecule has 1 aromatic carbocycles. The van der Waals surface area contributed by atoms with Crippen molar-refractivity contribution in [2.24, 2.45) is 5.92 Å². The van der Waals surface area contributed by atoms with Gasteiger partial charge in [0.05, 0.1) is 24.0 Å². The maximum atomic E-state index is 13.0. The Morgan fingerprint density at radius 3 is 2.82 bits per heavy atom. The van der Waals surface area contributed by atoms with Gasteiger partial charge in [0.2, 0.25) is 17.8 Å². The zero-order chi connectivity index (χ0) is 23.5. The predicted molar refractivity (Wildman–Crippen MR) is 122 cm³/mol. The fourth-order valence-corrected chi connectivity index (χ4v) is 4.29. The molecule has 3 heterocycles. The molecule has 2 unspecified atom stereocenters. The summed E-state index contributed by atoms with van der Waals surface area (Å²) in [6, 6.07) is 7.28. The van der Waals surface area contributed by atoms with Crippen LogP contribution in [0, 0.1) is 12.8 Å². The molecule has 2 aromatic rings. The van der Waals surface area contributed by atoms with Crippen molar-refractivity contribution < 1.29 is 19.1 Å². The first-order chi connectivity index (χ1) is 15.9. The number of nitrogens with zero attached hydrogens (tertiary/aromatic N) is 2. The van der Waals surface area contributed by atoms with E-state index in [0.717, 1.165) is 12.0 Å². The molecule has 0 saturated carbocycles. The molecule has 1 saturated heterocycles. The van der Waals surface area contributed by atoms with Crippen LogP contribution in [0.3, 0.4) is 0 Å². The van der Waals surface area contributed by atoms with Gasteiger partial charge < -0.3 is 20.3 Å². The molecule has 0 bridgehead atoms. The highest BCUT2D eigenvalue weighted by Gasteiger charge is 2.36. The lowest BCUT2D eigenvalue weighted by Gasteiger charge is -2.32. The van der Waals surface area contributed by atoms with Crippen molar-refractivity contribution >= 4 is 35.2 Å². The molecular weight excluding hydrogens is 426 g/mol. The number of carbonyl (C=O) groups is 3. The lowest BCUT2D eigenvalue weighted by molar-refractivity contribution is -0.148. The molecule has 1 aromatic heterocycles. The van der Waals surface area contributed by atoms with Gasteiger partial charge in [-0.05, 0) is 38.3 Å². The number of hydrogen-bond acceptors (Lipinski definition) is 7. The molecule has 3 N–H and O–H groups in total. The van der Waals surface area contributed by atoms with Gasteiger partial charge >= 0.3 is 5.97 Å². The first-order valence-corrected chi connectivity index (χ1v) is 11.1. The van der Waals surface area contributed by atoms with Gasteiger partial charge in [-0.15, -0.1) is 0 Å². The molecule has 10 nitrogen and oxygen atoms in total. The third-order valence-corrected chi connectivity index (χ3v) is 6.00. The molecule has 33 heavy (non-hydrogen) atoms. The van der Waals surface area contributed by atoms with Crippen molar-refractivity contribution in [2.75, 3.05) is 35.2 Å². The minimum Gasteiger partial charge on any atom is -0.466 e. The quantitative estimate of drug-likeness (QED) is 0.589. The number of H-pyrrole nitrogens is 1. The first kappa shape index (κ1) is 22.5. The first-order valence-electron chi connectivity index (χ1n) is 11.1. The summed E-state index contributed by atoms with van der Waals surface area (Å²) in [6.07, 6.45) is 1.28. The molecule has 1 fully saturated rings. The maximum Gasteiger partial charge on any atom is 0.310 e. The second-order valence-electron chi connectivity index (χ2n) is 8.30. The molecule has 0 spiro atoms. The molecule has 174 valence electrons. The van der Waals surface area contributed by atoms with E-state index in [4.69, 9.17) is 4.74 Å². The monoisotopic (exact) mass is 453 g/mol.